The lowest BCUT2D eigenvalue weighted by Crippen LogP contribution is -2.29. The molecular formula is C14H23N3. The summed E-state index contributed by atoms with van der Waals surface area (Å²) in [4.78, 5) is 2.28. The molecule has 0 aliphatic heterocycles. The van der Waals surface area contributed by atoms with Gasteiger partial charge in [0.2, 0.25) is 0 Å². The van der Waals surface area contributed by atoms with Crippen molar-refractivity contribution in [3.8, 4) is 0 Å². The average molecular weight is 233 g/mol. The predicted octanol–water partition coefficient (Wildman–Crippen LogP) is 2.76. The number of hydrogen-bond acceptors (Lipinski definition) is 2. The van der Waals surface area contributed by atoms with Crippen molar-refractivity contribution in [1.82, 2.24) is 0 Å². The van der Waals surface area contributed by atoms with E-state index in [1.54, 1.807) is 0 Å². The van der Waals surface area contributed by atoms with Crippen LogP contribution in [0.5, 0.6) is 0 Å². The summed E-state index contributed by atoms with van der Waals surface area (Å²) >= 11 is 0. The van der Waals surface area contributed by atoms with Crippen molar-refractivity contribution in [1.29, 1.82) is 5.41 Å². The van der Waals surface area contributed by atoms with E-state index in [0.29, 0.717) is 5.92 Å². The third kappa shape index (κ3) is 3.48. The van der Waals surface area contributed by atoms with E-state index in [-0.39, 0.29) is 5.84 Å². The molecule has 17 heavy (non-hydrogen) atoms. The quantitative estimate of drug-likeness (QED) is 0.607. The van der Waals surface area contributed by atoms with Gasteiger partial charge in [0.1, 0.15) is 5.84 Å². The molecule has 0 spiro atoms. The van der Waals surface area contributed by atoms with Gasteiger partial charge in [-0.05, 0) is 31.9 Å². The first-order valence-electron chi connectivity index (χ1n) is 6.15. The summed E-state index contributed by atoms with van der Waals surface area (Å²) < 4.78 is 0. The third-order valence-corrected chi connectivity index (χ3v) is 2.75. The second-order valence-electron chi connectivity index (χ2n) is 4.87. The Labute approximate surface area is 104 Å². The summed E-state index contributed by atoms with van der Waals surface area (Å²) in [7, 11) is 0. The number of amidine groups is 1. The molecule has 1 aromatic carbocycles. The molecule has 0 aliphatic rings. The molecule has 0 aliphatic carbocycles. The van der Waals surface area contributed by atoms with Crippen molar-refractivity contribution in [3.05, 3.63) is 29.3 Å². The SMILES string of the molecule is CCN(CC(C)C)c1ccc(C)cc1C(=N)N. The van der Waals surface area contributed by atoms with Crippen molar-refractivity contribution in [2.75, 3.05) is 18.0 Å². The van der Waals surface area contributed by atoms with E-state index >= 15 is 0 Å². The Bertz CT molecular complexity index is 396. The minimum Gasteiger partial charge on any atom is -0.384 e. The minimum absolute atomic E-state index is 0.144. The molecule has 0 bridgehead atoms. The van der Waals surface area contributed by atoms with E-state index in [4.69, 9.17) is 11.1 Å². The lowest BCUT2D eigenvalue weighted by atomic mass is 10.1. The monoisotopic (exact) mass is 233 g/mol. The van der Waals surface area contributed by atoms with Crippen LogP contribution in [-0.2, 0) is 0 Å². The van der Waals surface area contributed by atoms with E-state index in [2.05, 4.69) is 37.8 Å². The molecule has 0 atom stereocenters. The van der Waals surface area contributed by atoms with Crippen molar-refractivity contribution < 1.29 is 0 Å². The Morgan fingerprint density at radius 1 is 1.41 bits per heavy atom. The highest BCUT2D eigenvalue weighted by molar-refractivity contribution is 6.00. The highest BCUT2D eigenvalue weighted by Gasteiger charge is 2.12. The molecule has 0 amide bonds. The van der Waals surface area contributed by atoms with E-state index in [0.717, 1.165) is 29.9 Å². The Morgan fingerprint density at radius 3 is 2.53 bits per heavy atom. The summed E-state index contributed by atoms with van der Waals surface area (Å²) in [5, 5.41) is 7.67. The molecular weight excluding hydrogens is 210 g/mol. The maximum atomic E-state index is 7.67. The number of benzene rings is 1. The highest BCUT2D eigenvalue weighted by atomic mass is 15.1. The summed E-state index contributed by atoms with van der Waals surface area (Å²) in [6, 6.07) is 6.13. The van der Waals surface area contributed by atoms with Gasteiger partial charge in [0.15, 0.2) is 0 Å². The van der Waals surface area contributed by atoms with Gasteiger partial charge in [-0.3, -0.25) is 5.41 Å². The number of anilines is 1. The van der Waals surface area contributed by atoms with Gasteiger partial charge >= 0.3 is 0 Å². The summed E-state index contributed by atoms with van der Waals surface area (Å²) in [6.45, 7) is 10.5. The van der Waals surface area contributed by atoms with Gasteiger partial charge in [-0.25, -0.2) is 0 Å². The van der Waals surface area contributed by atoms with E-state index < -0.39 is 0 Å². The number of nitrogen functional groups attached to an aromatic ring is 1. The van der Waals surface area contributed by atoms with Crippen LogP contribution in [0.3, 0.4) is 0 Å². The fraction of sp³-hybridized carbons (Fsp3) is 0.500. The first kappa shape index (κ1) is 13.6. The number of nitrogens with zero attached hydrogens (tertiary/aromatic N) is 1. The molecule has 0 saturated heterocycles. The third-order valence-electron chi connectivity index (χ3n) is 2.75. The molecule has 0 fully saturated rings. The van der Waals surface area contributed by atoms with Gasteiger partial charge in [-0.15, -0.1) is 0 Å². The zero-order valence-corrected chi connectivity index (χ0v) is 11.2. The van der Waals surface area contributed by atoms with Gasteiger partial charge in [0.05, 0.1) is 0 Å². The Balaban J connectivity index is 3.14. The largest absolute Gasteiger partial charge is 0.384 e. The fourth-order valence-corrected chi connectivity index (χ4v) is 1.98. The average Bonchev–Trinajstić information content (AvgIpc) is 2.25. The van der Waals surface area contributed by atoms with Crippen LogP contribution < -0.4 is 10.6 Å². The summed E-state index contributed by atoms with van der Waals surface area (Å²) in [5.74, 6) is 0.738. The van der Waals surface area contributed by atoms with Crippen LogP contribution in [0.15, 0.2) is 18.2 Å². The van der Waals surface area contributed by atoms with Crippen LogP contribution in [0, 0.1) is 18.3 Å². The molecule has 3 heteroatoms. The molecule has 3 N–H and O–H groups in total. The van der Waals surface area contributed by atoms with E-state index in [9.17, 15) is 0 Å². The van der Waals surface area contributed by atoms with Crippen LogP contribution in [0.4, 0.5) is 5.69 Å². The molecule has 0 aromatic heterocycles. The number of aryl methyl sites for hydroxylation is 1. The first-order valence-corrected chi connectivity index (χ1v) is 6.15. The summed E-state index contributed by atoms with van der Waals surface area (Å²) in [5.41, 5.74) is 8.71. The number of hydrogen-bond donors (Lipinski definition) is 2. The lowest BCUT2D eigenvalue weighted by molar-refractivity contribution is 0.618. The molecule has 94 valence electrons. The lowest BCUT2D eigenvalue weighted by Gasteiger charge is -2.27. The van der Waals surface area contributed by atoms with Crippen molar-refractivity contribution in [2.45, 2.75) is 27.7 Å². The first-order chi connectivity index (χ1) is 7.95. The molecule has 0 saturated carbocycles. The van der Waals surface area contributed by atoms with Crippen LogP contribution in [0.1, 0.15) is 31.9 Å². The highest BCUT2D eigenvalue weighted by Crippen LogP contribution is 2.22. The zero-order chi connectivity index (χ0) is 13.0. The smallest absolute Gasteiger partial charge is 0.124 e. The molecule has 1 rings (SSSR count). The second-order valence-corrected chi connectivity index (χ2v) is 4.87. The Hall–Kier alpha value is -1.51. The fourth-order valence-electron chi connectivity index (χ4n) is 1.98. The van der Waals surface area contributed by atoms with Gasteiger partial charge in [-0.1, -0.05) is 25.5 Å². The number of nitrogens with one attached hydrogen (secondary N) is 1. The van der Waals surface area contributed by atoms with Crippen LogP contribution in [0.25, 0.3) is 0 Å². The topological polar surface area (TPSA) is 53.1 Å². The molecule has 0 unspecified atom stereocenters. The van der Waals surface area contributed by atoms with Gasteiger partial charge < -0.3 is 10.6 Å². The maximum absolute atomic E-state index is 7.67. The summed E-state index contributed by atoms with van der Waals surface area (Å²) in [6.07, 6.45) is 0. The van der Waals surface area contributed by atoms with Crippen molar-refractivity contribution >= 4 is 11.5 Å². The van der Waals surface area contributed by atoms with Crippen LogP contribution in [-0.4, -0.2) is 18.9 Å². The molecule has 1 aromatic rings. The predicted molar refractivity (Wildman–Crippen MR) is 74.9 cm³/mol. The van der Waals surface area contributed by atoms with Crippen molar-refractivity contribution in [3.63, 3.8) is 0 Å². The van der Waals surface area contributed by atoms with E-state index in [1.165, 1.54) is 0 Å². The van der Waals surface area contributed by atoms with Gasteiger partial charge in [-0.2, -0.15) is 0 Å². The van der Waals surface area contributed by atoms with Crippen LogP contribution in [0.2, 0.25) is 0 Å². The second kappa shape index (κ2) is 5.71. The van der Waals surface area contributed by atoms with Gasteiger partial charge in [0, 0.05) is 24.3 Å². The van der Waals surface area contributed by atoms with Gasteiger partial charge in [0.25, 0.3) is 0 Å². The minimum atomic E-state index is 0.144. The number of nitrogens with two attached hydrogens (primary N) is 1. The number of rotatable bonds is 5. The Kier molecular flexibility index (Phi) is 4.55. The van der Waals surface area contributed by atoms with E-state index in [1.807, 2.05) is 13.0 Å². The standard InChI is InChI=1S/C14H23N3/c1-5-17(9-10(2)3)13-7-6-11(4)8-12(13)14(15)16/h6-8,10H,5,9H2,1-4H3,(H3,15,16). The Morgan fingerprint density at radius 2 is 2.06 bits per heavy atom. The van der Waals surface area contributed by atoms with Crippen LogP contribution >= 0.6 is 0 Å². The molecule has 0 radical (unpaired) electrons. The maximum Gasteiger partial charge on any atom is 0.124 e. The molecule has 0 heterocycles. The molecule has 3 nitrogen and oxygen atoms in total. The normalized spacial score (nSPS) is 10.6. The van der Waals surface area contributed by atoms with Crippen molar-refractivity contribution in [2.24, 2.45) is 11.7 Å². The zero-order valence-electron chi connectivity index (χ0n) is 11.2.